The molecular weight excluding hydrogens is 310 g/mol. The zero-order chi connectivity index (χ0) is 16.2. The summed E-state index contributed by atoms with van der Waals surface area (Å²) in [6, 6.07) is 15.3. The number of hydrogen-bond donors (Lipinski definition) is 1. The van der Waals surface area contributed by atoms with Crippen LogP contribution in [0.5, 0.6) is 5.75 Å². The Hall–Kier alpha value is -2.59. The predicted octanol–water partition coefficient (Wildman–Crippen LogP) is 4.65. The summed E-state index contributed by atoms with van der Waals surface area (Å²) in [4.78, 5) is 4.55. The van der Waals surface area contributed by atoms with Gasteiger partial charge in [0.15, 0.2) is 0 Å². The number of ether oxygens (including phenoxy) is 1. The topological polar surface area (TPSA) is 46.5 Å². The Morgan fingerprint density at radius 3 is 2.78 bits per heavy atom. The monoisotopic (exact) mass is 325 g/mol. The molecule has 1 heterocycles. The summed E-state index contributed by atoms with van der Waals surface area (Å²) < 4.78 is 5.38. The van der Waals surface area contributed by atoms with Crippen LogP contribution in [0.2, 0.25) is 5.02 Å². The lowest BCUT2D eigenvalue weighted by Gasteiger charge is -2.10. The van der Waals surface area contributed by atoms with Crippen LogP contribution in [0.4, 0.5) is 5.69 Å². The van der Waals surface area contributed by atoms with E-state index in [0.717, 1.165) is 33.6 Å². The SMILES string of the molecule is COc1cccc2c(N/N=C/c3cccc(Cl)c3)cc(C)nc12. The van der Waals surface area contributed by atoms with Gasteiger partial charge in [-0.1, -0.05) is 35.9 Å². The van der Waals surface area contributed by atoms with E-state index in [2.05, 4.69) is 15.5 Å². The minimum absolute atomic E-state index is 0.684. The van der Waals surface area contributed by atoms with E-state index in [9.17, 15) is 0 Å². The van der Waals surface area contributed by atoms with Crippen LogP contribution in [-0.2, 0) is 0 Å². The van der Waals surface area contributed by atoms with E-state index < -0.39 is 0 Å². The minimum atomic E-state index is 0.684. The van der Waals surface area contributed by atoms with Gasteiger partial charge in [0, 0.05) is 16.1 Å². The molecule has 0 amide bonds. The lowest BCUT2D eigenvalue weighted by Crippen LogP contribution is -1.96. The molecule has 0 radical (unpaired) electrons. The number of fused-ring (bicyclic) bond motifs is 1. The Kier molecular flexibility index (Phi) is 4.44. The standard InChI is InChI=1S/C18H16ClN3O/c1-12-9-16(15-7-4-8-17(23-2)18(15)21-12)22-20-11-13-5-3-6-14(19)10-13/h3-11H,1-2H3,(H,21,22)/b20-11+. The fourth-order valence-corrected chi connectivity index (χ4v) is 2.57. The molecule has 1 aromatic heterocycles. The first-order chi connectivity index (χ1) is 11.2. The molecule has 116 valence electrons. The fraction of sp³-hybridized carbons (Fsp3) is 0.111. The van der Waals surface area contributed by atoms with E-state index in [0.29, 0.717) is 5.02 Å². The summed E-state index contributed by atoms with van der Waals surface area (Å²) in [7, 11) is 1.64. The maximum absolute atomic E-state index is 5.97. The number of hydrogen-bond acceptors (Lipinski definition) is 4. The van der Waals surface area contributed by atoms with Crippen molar-refractivity contribution in [2.75, 3.05) is 12.5 Å². The predicted molar refractivity (Wildman–Crippen MR) is 95.7 cm³/mol. The van der Waals surface area contributed by atoms with Crippen LogP contribution >= 0.6 is 11.6 Å². The quantitative estimate of drug-likeness (QED) is 0.561. The van der Waals surface area contributed by atoms with Crippen molar-refractivity contribution < 1.29 is 4.74 Å². The number of para-hydroxylation sites is 1. The highest BCUT2D eigenvalue weighted by Gasteiger charge is 2.07. The first-order valence-corrected chi connectivity index (χ1v) is 7.54. The van der Waals surface area contributed by atoms with E-state index in [1.165, 1.54) is 0 Å². The normalized spacial score (nSPS) is 11.1. The molecule has 5 heteroatoms. The van der Waals surface area contributed by atoms with Crippen molar-refractivity contribution in [2.45, 2.75) is 6.92 Å². The number of anilines is 1. The molecule has 0 saturated heterocycles. The Morgan fingerprint density at radius 1 is 1.17 bits per heavy atom. The molecule has 23 heavy (non-hydrogen) atoms. The lowest BCUT2D eigenvalue weighted by atomic mass is 10.1. The number of nitrogens with zero attached hydrogens (tertiary/aromatic N) is 2. The molecule has 0 aliphatic heterocycles. The van der Waals surface area contributed by atoms with Gasteiger partial charge in [-0.15, -0.1) is 0 Å². The molecule has 3 aromatic rings. The molecular formula is C18H16ClN3O. The number of aryl methyl sites for hydroxylation is 1. The van der Waals surface area contributed by atoms with Gasteiger partial charge in [0.05, 0.1) is 19.0 Å². The summed E-state index contributed by atoms with van der Waals surface area (Å²) in [5.41, 5.74) is 6.59. The van der Waals surface area contributed by atoms with E-state index in [1.54, 1.807) is 13.3 Å². The smallest absolute Gasteiger partial charge is 0.145 e. The van der Waals surface area contributed by atoms with Gasteiger partial charge in [-0.3, -0.25) is 5.43 Å². The fourth-order valence-electron chi connectivity index (χ4n) is 2.37. The lowest BCUT2D eigenvalue weighted by molar-refractivity contribution is 0.419. The second-order valence-corrected chi connectivity index (χ2v) is 5.53. The number of rotatable bonds is 4. The van der Waals surface area contributed by atoms with Crippen LogP contribution in [-0.4, -0.2) is 18.3 Å². The number of nitrogens with one attached hydrogen (secondary N) is 1. The Bertz CT molecular complexity index is 877. The summed E-state index contributed by atoms with van der Waals surface area (Å²) in [6.45, 7) is 1.94. The largest absolute Gasteiger partial charge is 0.494 e. The third-order valence-electron chi connectivity index (χ3n) is 3.40. The van der Waals surface area contributed by atoms with Gasteiger partial charge in [-0.05, 0) is 36.8 Å². The van der Waals surface area contributed by atoms with Gasteiger partial charge >= 0.3 is 0 Å². The third kappa shape index (κ3) is 3.43. The Labute approximate surface area is 139 Å². The van der Waals surface area contributed by atoms with Crippen molar-refractivity contribution in [2.24, 2.45) is 5.10 Å². The van der Waals surface area contributed by atoms with Gasteiger partial charge in [0.1, 0.15) is 11.3 Å². The van der Waals surface area contributed by atoms with Gasteiger partial charge in [0.2, 0.25) is 0 Å². The first-order valence-electron chi connectivity index (χ1n) is 7.16. The van der Waals surface area contributed by atoms with Crippen molar-refractivity contribution in [1.82, 2.24) is 4.98 Å². The number of benzene rings is 2. The number of aromatic nitrogens is 1. The molecule has 0 unspecified atom stereocenters. The summed E-state index contributed by atoms with van der Waals surface area (Å²) in [5.74, 6) is 0.744. The summed E-state index contributed by atoms with van der Waals surface area (Å²) in [6.07, 6.45) is 1.73. The zero-order valence-electron chi connectivity index (χ0n) is 12.9. The van der Waals surface area contributed by atoms with Crippen molar-refractivity contribution in [3.63, 3.8) is 0 Å². The highest BCUT2D eigenvalue weighted by atomic mass is 35.5. The molecule has 3 rings (SSSR count). The van der Waals surface area contributed by atoms with E-state index in [4.69, 9.17) is 16.3 Å². The van der Waals surface area contributed by atoms with Crippen LogP contribution in [0.1, 0.15) is 11.3 Å². The van der Waals surface area contributed by atoms with Crippen molar-refractivity contribution in [1.29, 1.82) is 0 Å². The van der Waals surface area contributed by atoms with Crippen LogP contribution < -0.4 is 10.2 Å². The van der Waals surface area contributed by atoms with Crippen LogP contribution in [0, 0.1) is 6.92 Å². The Morgan fingerprint density at radius 2 is 2.00 bits per heavy atom. The molecule has 0 saturated carbocycles. The van der Waals surface area contributed by atoms with E-state index in [-0.39, 0.29) is 0 Å². The number of halogens is 1. The molecule has 0 aliphatic rings. The molecule has 0 aliphatic carbocycles. The molecule has 2 aromatic carbocycles. The van der Waals surface area contributed by atoms with Crippen molar-refractivity contribution >= 4 is 34.4 Å². The number of pyridine rings is 1. The molecule has 0 fully saturated rings. The van der Waals surface area contributed by atoms with Crippen molar-refractivity contribution in [3.05, 3.63) is 64.8 Å². The van der Waals surface area contributed by atoms with Gasteiger partial charge in [-0.25, -0.2) is 4.98 Å². The average Bonchev–Trinajstić information content (AvgIpc) is 2.54. The Balaban J connectivity index is 1.94. The van der Waals surface area contributed by atoms with Crippen LogP contribution in [0.15, 0.2) is 53.6 Å². The highest BCUT2D eigenvalue weighted by Crippen LogP contribution is 2.29. The first kappa shape index (κ1) is 15.3. The minimum Gasteiger partial charge on any atom is -0.494 e. The molecule has 0 spiro atoms. The zero-order valence-corrected chi connectivity index (χ0v) is 13.6. The van der Waals surface area contributed by atoms with E-state index in [1.807, 2.05) is 55.5 Å². The van der Waals surface area contributed by atoms with Crippen molar-refractivity contribution in [3.8, 4) is 5.75 Å². The molecule has 0 bridgehead atoms. The van der Waals surface area contributed by atoms with Gasteiger partial charge < -0.3 is 4.74 Å². The van der Waals surface area contributed by atoms with Crippen LogP contribution in [0.25, 0.3) is 10.9 Å². The molecule has 1 N–H and O–H groups in total. The van der Waals surface area contributed by atoms with Crippen LogP contribution in [0.3, 0.4) is 0 Å². The second-order valence-electron chi connectivity index (χ2n) is 5.09. The van der Waals surface area contributed by atoms with Gasteiger partial charge in [0.25, 0.3) is 0 Å². The van der Waals surface area contributed by atoms with Gasteiger partial charge in [-0.2, -0.15) is 5.10 Å². The average molecular weight is 326 g/mol. The molecule has 4 nitrogen and oxygen atoms in total. The molecule has 0 atom stereocenters. The summed E-state index contributed by atoms with van der Waals surface area (Å²) in [5, 5.41) is 5.94. The maximum atomic E-state index is 5.97. The number of methoxy groups -OCH3 is 1. The third-order valence-corrected chi connectivity index (χ3v) is 3.63. The summed E-state index contributed by atoms with van der Waals surface area (Å²) >= 11 is 5.97. The van der Waals surface area contributed by atoms with E-state index >= 15 is 0 Å². The number of hydrazone groups is 1. The maximum Gasteiger partial charge on any atom is 0.145 e. The highest BCUT2D eigenvalue weighted by molar-refractivity contribution is 6.30. The second kappa shape index (κ2) is 6.67.